The predicted octanol–water partition coefficient (Wildman–Crippen LogP) is 3.88. The van der Waals surface area contributed by atoms with Crippen molar-refractivity contribution in [1.29, 1.82) is 0 Å². The lowest BCUT2D eigenvalue weighted by molar-refractivity contribution is -0.116. The van der Waals surface area contributed by atoms with Crippen LogP contribution in [0.3, 0.4) is 0 Å². The molecule has 158 valence electrons. The van der Waals surface area contributed by atoms with E-state index in [1.807, 2.05) is 23.0 Å². The second kappa shape index (κ2) is 8.07. The first-order chi connectivity index (χ1) is 15.7. The monoisotopic (exact) mass is 424 g/mol. The van der Waals surface area contributed by atoms with Crippen molar-refractivity contribution in [2.45, 2.75) is 32.4 Å². The average molecular weight is 424 g/mol. The Labute approximate surface area is 184 Å². The first-order valence-corrected chi connectivity index (χ1v) is 10.4. The molecule has 1 atom stereocenters. The van der Waals surface area contributed by atoms with Crippen molar-refractivity contribution >= 4 is 34.3 Å². The van der Waals surface area contributed by atoms with E-state index in [4.69, 9.17) is 11.6 Å². The van der Waals surface area contributed by atoms with Gasteiger partial charge in [0.1, 0.15) is 5.92 Å². The summed E-state index contributed by atoms with van der Waals surface area (Å²) in [5, 5.41) is 11.5. The molecule has 9 heteroatoms. The van der Waals surface area contributed by atoms with Crippen LogP contribution >= 0.6 is 0 Å². The number of carbonyl (C=O) groups excluding carboxylic acids is 1. The van der Waals surface area contributed by atoms with Crippen LogP contribution in [0.15, 0.2) is 48.9 Å². The lowest BCUT2D eigenvalue weighted by Crippen LogP contribution is -2.16. The van der Waals surface area contributed by atoms with E-state index in [9.17, 15) is 4.79 Å². The number of amides is 1. The van der Waals surface area contributed by atoms with Crippen molar-refractivity contribution in [3.63, 3.8) is 0 Å². The molecule has 4 heterocycles. The second-order valence-corrected chi connectivity index (χ2v) is 7.58. The molecule has 1 aliphatic rings. The van der Waals surface area contributed by atoms with E-state index >= 15 is 0 Å². The molecule has 5 rings (SSSR count). The maximum absolute atomic E-state index is 13.0. The highest BCUT2D eigenvalue weighted by molar-refractivity contribution is 6.07. The van der Waals surface area contributed by atoms with Crippen LogP contribution in [0.25, 0.3) is 15.9 Å². The van der Waals surface area contributed by atoms with E-state index in [1.54, 1.807) is 30.6 Å². The van der Waals surface area contributed by atoms with Crippen LogP contribution in [0.5, 0.6) is 0 Å². The summed E-state index contributed by atoms with van der Waals surface area (Å²) in [6, 6.07) is 9.04. The Kier molecular flexibility index (Phi) is 4.95. The number of aryl methyl sites for hydroxylation is 1. The van der Waals surface area contributed by atoms with Gasteiger partial charge < -0.3 is 10.6 Å². The molecule has 0 bridgehead atoms. The topological polar surface area (TPSA) is 102 Å². The molecule has 0 saturated carbocycles. The number of nitrogens with zero attached hydrogens (tertiary/aromatic N) is 6. The number of aromatic nitrogens is 5. The maximum Gasteiger partial charge on any atom is 0.238 e. The fourth-order valence-electron chi connectivity index (χ4n) is 3.89. The largest absolute Gasteiger partial charge is 0.350 e. The molecule has 4 aromatic rings. The number of nitrogens with one attached hydrogen (secondary N) is 2. The van der Waals surface area contributed by atoms with Crippen LogP contribution in [0.4, 0.5) is 17.3 Å². The molecule has 1 aromatic carbocycles. The average Bonchev–Trinajstić information content (AvgIpc) is 3.37. The summed E-state index contributed by atoms with van der Waals surface area (Å²) in [4.78, 5) is 30.0. The van der Waals surface area contributed by atoms with Gasteiger partial charge in [0.15, 0.2) is 11.3 Å². The third-order valence-electron chi connectivity index (χ3n) is 5.35. The minimum Gasteiger partial charge on any atom is -0.350 e. The summed E-state index contributed by atoms with van der Waals surface area (Å²) in [6.45, 7) is 10.6. The van der Waals surface area contributed by atoms with E-state index < -0.39 is 5.92 Å². The number of hydrogen-bond donors (Lipinski definition) is 2. The summed E-state index contributed by atoms with van der Waals surface area (Å²) in [5.41, 5.74) is 4.01. The van der Waals surface area contributed by atoms with Crippen LogP contribution < -0.4 is 10.6 Å². The third kappa shape index (κ3) is 3.52. The number of benzene rings is 1. The van der Waals surface area contributed by atoms with Crippen LogP contribution in [-0.2, 0) is 17.9 Å². The SMILES string of the molecule is [C-]#[N+]c1ccc2c(c1)C(c1nc(NCc3cccnc3)nc3nn(CCC)cc13)C(=O)N2. The fraction of sp³-hybridized carbons (Fsp3) is 0.217. The Morgan fingerprint density at radius 3 is 2.97 bits per heavy atom. The summed E-state index contributed by atoms with van der Waals surface area (Å²) in [6.07, 6.45) is 6.31. The highest BCUT2D eigenvalue weighted by Crippen LogP contribution is 2.40. The number of fused-ring (bicyclic) bond motifs is 2. The standard InChI is InChI=1S/C23H20N8O/c1-3-9-31-13-17-20(19-16-10-15(24-2)6-7-18(16)27-22(19)32)28-23(29-21(17)30-31)26-12-14-5-4-8-25-11-14/h4-8,10-11,13,19H,3,9,12H2,1H3,(H,27,32)(H,26,29,30). The Bertz CT molecular complexity index is 1360. The number of hydrogen-bond acceptors (Lipinski definition) is 6. The lowest BCUT2D eigenvalue weighted by atomic mass is 9.95. The van der Waals surface area contributed by atoms with Crippen molar-refractivity contribution in [1.82, 2.24) is 24.7 Å². The summed E-state index contributed by atoms with van der Waals surface area (Å²) in [5.74, 6) is -0.431. The van der Waals surface area contributed by atoms with Gasteiger partial charge in [-0.1, -0.05) is 25.1 Å². The summed E-state index contributed by atoms with van der Waals surface area (Å²) >= 11 is 0. The molecular formula is C23H20N8O. The highest BCUT2D eigenvalue weighted by Gasteiger charge is 2.35. The quantitative estimate of drug-likeness (QED) is 0.456. The predicted molar refractivity (Wildman–Crippen MR) is 120 cm³/mol. The third-order valence-corrected chi connectivity index (χ3v) is 5.35. The molecule has 32 heavy (non-hydrogen) atoms. The number of anilines is 2. The number of pyridine rings is 1. The Balaban J connectivity index is 1.61. The van der Waals surface area contributed by atoms with Gasteiger partial charge in [0.25, 0.3) is 0 Å². The first kappa shape index (κ1) is 19.6. The van der Waals surface area contributed by atoms with Gasteiger partial charge in [-0.15, -0.1) is 0 Å². The molecule has 2 N–H and O–H groups in total. The van der Waals surface area contributed by atoms with E-state index in [-0.39, 0.29) is 5.91 Å². The van der Waals surface area contributed by atoms with Crippen LogP contribution in [0, 0.1) is 6.57 Å². The minimum absolute atomic E-state index is 0.177. The molecule has 1 amide bonds. The molecule has 9 nitrogen and oxygen atoms in total. The molecule has 1 unspecified atom stereocenters. The Morgan fingerprint density at radius 1 is 1.28 bits per heavy atom. The van der Waals surface area contributed by atoms with Crippen molar-refractivity contribution < 1.29 is 4.79 Å². The smallest absolute Gasteiger partial charge is 0.238 e. The van der Waals surface area contributed by atoms with Gasteiger partial charge in [-0.05, 0) is 29.7 Å². The summed E-state index contributed by atoms with van der Waals surface area (Å²) < 4.78 is 1.83. The van der Waals surface area contributed by atoms with E-state index in [0.717, 1.165) is 29.5 Å². The summed E-state index contributed by atoms with van der Waals surface area (Å²) in [7, 11) is 0. The van der Waals surface area contributed by atoms with Gasteiger partial charge in [0.05, 0.1) is 17.7 Å². The highest BCUT2D eigenvalue weighted by atomic mass is 16.2. The lowest BCUT2D eigenvalue weighted by Gasteiger charge is -2.12. The second-order valence-electron chi connectivity index (χ2n) is 7.58. The van der Waals surface area contributed by atoms with Gasteiger partial charge in [0.2, 0.25) is 11.9 Å². The first-order valence-electron chi connectivity index (χ1n) is 10.4. The van der Waals surface area contributed by atoms with Crippen molar-refractivity contribution in [3.8, 4) is 0 Å². The molecule has 0 spiro atoms. The Hall–Kier alpha value is -4.32. The van der Waals surface area contributed by atoms with E-state index in [0.29, 0.717) is 35.2 Å². The molecule has 0 saturated heterocycles. The zero-order chi connectivity index (χ0) is 22.1. The van der Waals surface area contributed by atoms with Crippen molar-refractivity contribution in [2.75, 3.05) is 10.6 Å². The number of carbonyl (C=O) groups is 1. The molecule has 0 fully saturated rings. The number of rotatable bonds is 6. The van der Waals surface area contributed by atoms with Gasteiger partial charge in [0, 0.05) is 37.4 Å². The van der Waals surface area contributed by atoms with Crippen molar-refractivity contribution in [2.24, 2.45) is 0 Å². The molecule has 0 aliphatic carbocycles. The fourth-order valence-corrected chi connectivity index (χ4v) is 3.89. The zero-order valence-electron chi connectivity index (χ0n) is 17.4. The molecular weight excluding hydrogens is 404 g/mol. The minimum atomic E-state index is -0.643. The van der Waals surface area contributed by atoms with Gasteiger partial charge in [-0.3, -0.25) is 14.5 Å². The zero-order valence-corrected chi connectivity index (χ0v) is 17.4. The maximum atomic E-state index is 13.0. The van der Waals surface area contributed by atoms with Gasteiger partial charge in [-0.2, -0.15) is 10.1 Å². The molecule has 3 aromatic heterocycles. The van der Waals surface area contributed by atoms with Gasteiger partial charge >= 0.3 is 0 Å². The molecule has 0 radical (unpaired) electrons. The van der Waals surface area contributed by atoms with E-state index in [2.05, 4.69) is 37.5 Å². The van der Waals surface area contributed by atoms with Crippen LogP contribution in [0.2, 0.25) is 0 Å². The normalized spacial score (nSPS) is 14.8. The van der Waals surface area contributed by atoms with Crippen LogP contribution in [-0.4, -0.2) is 30.6 Å². The van der Waals surface area contributed by atoms with E-state index in [1.165, 1.54) is 0 Å². The van der Waals surface area contributed by atoms with Crippen LogP contribution in [0.1, 0.15) is 36.1 Å². The Morgan fingerprint density at radius 2 is 2.19 bits per heavy atom. The van der Waals surface area contributed by atoms with Gasteiger partial charge in [-0.25, -0.2) is 9.83 Å². The molecule has 1 aliphatic heterocycles. The van der Waals surface area contributed by atoms with Crippen molar-refractivity contribution in [3.05, 3.63) is 77.2 Å².